The first-order valence-corrected chi connectivity index (χ1v) is 7.46. The molecular formula is C18H25NO3. The molecule has 0 aliphatic heterocycles. The Morgan fingerprint density at radius 2 is 2.14 bits per heavy atom. The molecule has 4 heteroatoms. The van der Waals surface area contributed by atoms with Gasteiger partial charge in [0.05, 0.1) is 0 Å². The van der Waals surface area contributed by atoms with Crippen LogP contribution in [0.3, 0.4) is 0 Å². The van der Waals surface area contributed by atoms with Crippen molar-refractivity contribution in [2.45, 2.75) is 39.5 Å². The van der Waals surface area contributed by atoms with Crippen molar-refractivity contribution in [3.8, 4) is 11.8 Å². The van der Waals surface area contributed by atoms with E-state index in [9.17, 15) is 4.79 Å². The van der Waals surface area contributed by atoms with Crippen LogP contribution in [0.15, 0.2) is 24.3 Å². The van der Waals surface area contributed by atoms with Crippen LogP contribution in [0.4, 0.5) is 4.79 Å². The van der Waals surface area contributed by atoms with Crippen molar-refractivity contribution < 1.29 is 14.6 Å². The highest BCUT2D eigenvalue weighted by molar-refractivity contribution is 5.64. The molecule has 1 unspecified atom stereocenters. The lowest BCUT2D eigenvalue weighted by Crippen LogP contribution is -2.26. The van der Waals surface area contributed by atoms with E-state index in [-0.39, 0.29) is 24.5 Å². The van der Waals surface area contributed by atoms with E-state index < -0.39 is 6.09 Å². The summed E-state index contributed by atoms with van der Waals surface area (Å²) in [5.74, 6) is 6.18. The van der Waals surface area contributed by atoms with Crippen LogP contribution < -0.4 is 5.73 Å². The molecule has 3 N–H and O–H groups in total. The van der Waals surface area contributed by atoms with Crippen LogP contribution in [-0.4, -0.2) is 24.4 Å². The molecule has 4 nitrogen and oxygen atoms in total. The molecule has 1 aromatic carbocycles. The van der Waals surface area contributed by atoms with Crippen molar-refractivity contribution in [2.24, 2.45) is 11.1 Å². The minimum Gasteiger partial charge on any atom is -0.449 e. The average Bonchev–Trinajstić information content (AvgIpc) is 2.42. The molecule has 0 aliphatic rings. The Bertz CT molecular complexity index is 549. The van der Waals surface area contributed by atoms with Gasteiger partial charge in [0.15, 0.2) is 0 Å². The quantitative estimate of drug-likeness (QED) is 0.648. The fourth-order valence-corrected chi connectivity index (χ4v) is 2.18. The van der Waals surface area contributed by atoms with E-state index in [0.717, 1.165) is 11.1 Å². The summed E-state index contributed by atoms with van der Waals surface area (Å²) in [6.45, 7) is 6.70. The van der Waals surface area contributed by atoms with Gasteiger partial charge in [0.2, 0.25) is 0 Å². The largest absolute Gasteiger partial charge is 0.449 e. The fraction of sp³-hybridized carbons (Fsp3) is 0.500. The molecule has 22 heavy (non-hydrogen) atoms. The number of hydrogen-bond acceptors (Lipinski definition) is 3. The summed E-state index contributed by atoms with van der Waals surface area (Å²) in [5, 5.41) is 8.75. The number of aliphatic hydroxyl groups excluding tert-OH is 1. The lowest BCUT2D eigenvalue weighted by Gasteiger charge is -2.30. The number of nitrogens with two attached hydrogens (primary N) is 1. The summed E-state index contributed by atoms with van der Waals surface area (Å²) in [5.41, 5.74) is 7.00. The van der Waals surface area contributed by atoms with Crippen molar-refractivity contribution in [3.05, 3.63) is 35.4 Å². The maximum atomic E-state index is 10.9. The second-order valence-electron chi connectivity index (χ2n) is 6.30. The summed E-state index contributed by atoms with van der Waals surface area (Å²) in [4.78, 5) is 10.9. The predicted octanol–water partition coefficient (Wildman–Crippen LogP) is 3.04. The molecule has 0 radical (unpaired) electrons. The Morgan fingerprint density at radius 1 is 1.41 bits per heavy atom. The number of primary amides is 1. The van der Waals surface area contributed by atoms with Gasteiger partial charge >= 0.3 is 6.09 Å². The highest BCUT2D eigenvalue weighted by Gasteiger charge is 2.27. The second-order valence-corrected chi connectivity index (χ2v) is 6.30. The third-order valence-corrected chi connectivity index (χ3v) is 3.42. The number of carbonyl (C=O) groups excluding carboxylic acids is 1. The molecule has 0 saturated heterocycles. The molecule has 1 amide bonds. The van der Waals surface area contributed by atoms with Crippen LogP contribution in [0, 0.1) is 17.3 Å². The first kappa shape index (κ1) is 18.1. The standard InChI is InChI=1S/C18H25NO3/c1-18(2,3)16(13-22-17(19)21)15-10-7-9-14(12-15)8-5-4-6-11-20/h7,9-10,12,16,20H,4,6,11,13H2,1-3H3,(H2,19,21). The number of ether oxygens (including phenoxy) is 1. The van der Waals surface area contributed by atoms with Gasteiger partial charge in [-0.05, 0) is 29.5 Å². The Hall–Kier alpha value is -1.99. The Labute approximate surface area is 132 Å². The van der Waals surface area contributed by atoms with Gasteiger partial charge in [-0.2, -0.15) is 0 Å². The van der Waals surface area contributed by atoms with Crippen LogP contribution >= 0.6 is 0 Å². The third kappa shape index (κ3) is 6.19. The number of rotatable bonds is 5. The SMILES string of the molecule is CC(C)(C)C(COC(N)=O)c1cccc(C#CCCCO)c1. The van der Waals surface area contributed by atoms with Crippen LogP contribution in [0.25, 0.3) is 0 Å². The topological polar surface area (TPSA) is 72.5 Å². The van der Waals surface area contributed by atoms with E-state index in [0.29, 0.717) is 12.8 Å². The van der Waals surface area contributed by atoms with E-state index in [1.54, 1.807) is 0 Å². The highest BCUT2D eigenvalue weighted by Crippen LogP contribution is 2.35. The van der Waals surface area contributed by atoms with Gasteiger partial charge in [-0.25, -0.2) is 4.79 Å². The van der Waals surface area contributed by atoms with Crippen LogP contribution in [0.5, 0.6) is 0 Å². The Morgan fingerprint density at radius 3 is 2.73 bits per heavy atom. The lowest BCUT2D eigenvalue weighted by atomic mass is 9.76. The van der Waals surface area contributed by atoms with Gasteiger partial charge in [0, 0.05) is 24.5 Å². The second kappa shape index (κ2) is 8.45. The number of hydrogen-bond donors (Lipinski definition) is 2. The zero-order valence-electron chi connectivity index (χ0n) is 13.6. The molecule has 0 spiro atoms. The molecule has 1 rings (SSSR count). The van der Waals surface area contributed by atoms with Gasteiger partial charge < -0.3 is 15.6 Å². The molecule has 1 atom stereocenters. The summed E-state index contributed by atoms with van der Waals surface area (Å²) >= 11 is 0. The summed E-state index contributed by atoms with van der Waals surface area (Å²) in [7, 11) is 0. The summed E-state index contributed by atoms with van der Waals surface area (Å²) in [6.07, 6.45) is 0.604. The molecule has 120 valence electrons. The zero-order chi connectivity index (χ0) is 16.6. The number of benzene rings is 1. The number of carbonyl (C=O) groups is 1. The summed E-state index contributed by atoms with van der Waals surface area (Å²) < 4.78 is 5.01. The Kier molecular flexibility index (Phi) is 6.94. The smallest absolute Gasteiger partial charge is 0.404 e. The van der Waals surface area contributed by atoms with Crippen molar-refractivity contribution in [1.29, 1.82) is 0 Å². The lowest BCUT2D eigenvalue weighted by molar-refractivity contribution is 0.126. The fourth-order valence-electron chi connectivity index (χ4n) is 2.18. The van der Waals surface area contributed by atoms with Gasteiger partial charge in [-0.15, -0.1) is 0 Å². The highest BCUT2D eigenvalue weighted by atomic mass is 16.5. The van der Waals surface area contributed by atoms with Crippen molar-refractivity contribution in [3.63, 3.8) is 0 Å². The third-order valence-electron chi connectivity index (χ3n) is 3.42. The van der Waals surface area contributed by atoms with Crippen molar-refractivity contribution in [1.82, 2.24) is 0 Å². The normalized spacial score (nSPS) is 12.2. The van der Waals surface area contributed by atoms with Crippen molar-refractivity contribution in [2.75, 3.05) is 13.2 Å². The minimum absolute atomic E-state index is 0.0409. The maximum absolute atomic E-state index is 10.9. The molecule has 0 aliphatic carbocycles. The Balaban J connectivity index is 2.94. The predicted molar refractivity (Wildman–Crippen MR) is 87.4 cm³/mol. The van der Waals surface area contributed by atoms with E-state index >= 15 is 0 Å². The molecule has 0 saturated carbocycles. The average molecular weight is 303 g/mol. The first-order valence-electron chi connectivity index (χ1n) is 7.46. The molecule has 1 aromatic rings. The monoisotopic (exact) mass is 303 g/mol. The van der Waals surface area contributed by atoms with Gasteiger partial charge in [-0.1, -0.05) is 44.7 Å². The minimum atomic E-state index is -0.755. The molecular weight excluding hydrogens is 278 g/mol. The van der Waals surface area contributed by atoms with E-state index in [4.69, 9.17) is 15.6 Å². The molecule has 0 fully saturated rings. The van der Waals surface area contributed by atoms with Crippen LogP contribution in [0.1, 0.15) is 50.7 Å². The van der Waals surface area contributed by atoms with Gasteiger partial charge in [-0.3, -0.25) is 0 Å². The van der Waals surface area contributed by atoms with E-state index in [1.165, 1.54) is 0 Å². The maximum Gasteiger partial charge on any atom is 0.404 e. The van der Waals surface area contributed by atoms with Crippen LogP contribution in [0.2, 0.25) is 0 Å². The van der Waals surface area contributed by atoms with E-state index in [1.807, 2.05) is 24.3 Å². The zero-order valence-corrected chi connectivity index (χ0v) is 13.6. The number of amides is 1. The molecule has 0 aromatic heterocycles. The van der Waals surface area contributed by atoms with Gasteiger partial charge in [0.1, 0.15) is 6.61 Å². The van der Waals surface area contributed by atoms with Crippen molar-refractivity contribution >= 4 is 6.09 Å². The molecule has 0 heterocycles. The first-order chi connectivity index (χ1) is 10.3. The number of unbranched alkanes of at least 4 members (excludes halogenated alkanes) is 1. The van der Waals surface area contributed by atoms with Crippen LogP contribution in [-0.2, 0) is 4.74 Å². The van der Waals surface area contributed by atoms with E-state index in [2.05, 4.69) is 32.6 Å². The number of aliphatic hydroxyl groups is 1. The molecule has 0 bridgehead atoms. The van der Waals surface area contributed by atoms with Gasteiger partial charge in [0.25, 0.3) is 0 Å². The summed E-state index contributed by atoms with van der Waals surface area (Å²) in [6, 6.07) is 7.93.